The van der Waals surface area contributed by atoms with Crippen molar-refractivity contribution in [1.82, 2.24) is 0 Å². The van der Waals surface area contributed by atoms with Gasteiger partial charge in [0, 0.05) is 16.5 Å². The maximum Gasteiger partial charge on any atom is 0.322 e. The summed E-state index contributed by atoms with van der Waals surface area (Å²) in [5.41, 5.74) is 8.00. The molecule has 0 amide bonds. The lowest BCUT2D eigenvalue weighted by Gasteiger charge is -2.15. The topological polar surface area (TPSA) is 72.5 Å². The predicted octanol–water partition coefficient (Wildman–Crippen LogP) is 1.81. The Morgan fingerprint density at radius 1 is 1.59 bits per heavy atom. The van der Waals surface area contributed by atoms with E-state index in [2.05, 4.69) is 20.7 Å². The summed E-state index contributed by atoms with van der Waals surface area (Å²) in [5, 5.41) is 9.98. The van der Waals surface area contributed by atoms with Crippen LogP contribution in [0.2, 0.25) is 0 Å². The van der Waals surface area contributed by atoms with Crippen LogP contribution in [0.3, 0.4) is 0 Å². The molecule has 94 valence electrons. The van der Waals surface area contributed by atoms with E-state index in [1.165, 1.54) is 7.11 Å². The smallest absolute Gasteiger partial charge is 0.322 e. The molecule has 1 aromatic rings. The van der Waals surface area contributed by atoms with Gasteiger partial charge in [-0.1, -0.05) is 15.9 Å². The number of nitrogens with two attached hydrogens (primary N) is 1. The average Bonchev–Trinajstić information content (AvgIpc) is 2.30. The van der Waals surface area contributed by atoms with Gasteiger partial charge in [0.2, 0.25) is 0 Å². The third-order valence-corrected chi connectivity index (χ3v) is 3.57. The van der Waals surface area contributed by atoms with Crippen LogP contribution in [0.15, 0.2) is 10.5 Å². The number of carbonyl (C=O) groups is 1. The Bertz CT molecular complexity index is 420. The summed E-state index contributed by atoms with van der Waals surface area (Å²) in [6, 6.07) is 1.07. The van der Waals surface area contributed by atoms with Gasteiger partial charge in [0.05, 0.1) is 7.11 Å². The molecule has 0 aromatic heterocycles. The van der Waals surface area contributed by atoms with E-state index in [1.807, 2.05) is 13.0 Å². The zero-order chi connectivity index (χ0) is 13.2. The molecule has 0 aliphatic heterocycles. The highest BCUT2D eigenvalue weighted by Crippen LogP contribution is 2.32. The van der Waals surface area contributed by atoms with Crippen LogP contribution >= 0.6 is 15.9 Å². The highest BCUT2D eigenvalue weighted by molar-refractivity contribution is 9.10. The summed E-state index contributed by atoms with van der Waals surface area (Å²) >= 11 is 3.41. The van der Waals surface area contributed by atoms with Crippen LogP contribution in [-0.4, -0.2) is 24.2 Å². The molecule has 17 heavy (non-hydrogen) atoms. The number of phenolic OH excluding ortho intramolecular Hbond substituents is 1. The summed E-state index contributed by atoms with van der Waals surface area (Å²) in [6.07, 6.45) is 0.255. The van der Waals surface area contributed by atoms with E-state index in [4.69, 9.17) is 5.73 Å². The normalized spacial score (nSPS) is 12.3. The minimum absolute atomic E-state index is 0.185. The van der Waals surface area contributed by atoms with Crippen molar-refractivity contribution in [3.8, 4) is 5.75 Å². The Labute approximate surface area is 109 Å². The van der Waals surface area contributed by atoms with Crippen molar-refractivity contribution in [2.75, 3.05) is 7.11 Å². The van der Waals surface area contributed by atoms with Crippen molar-refractivity contribution < 1.29 is 14.6 Å². The average molecular weight is 302 g/mol. The third kappa shape index (κ3) is 2.98. The first-order chi connectivity index (χ1) is 7.88. The quantitative estimate of drug-likeness (QED) is 0.835. The van der Waals surface area contributed by atoms with Crippen LogP contribution in [0.4, 0.5) is 0 Å². The van der Waals surface area contributed by atoms with Crippen LogP contribution < -0.4 is 5.73 Å². The van der Waals surface area contributed by atoms with E-state index in [1.54, 1.807) is 6.92 Å². The molecule has 0 heterocycles. The van der Waals surface area contributed by atoms with Gasteiger partial charge in [0.1, 0.15) is 11.8 Å². The number of hydrogen-bond acceptors (Lipinski definition) is 4. The second kappa shape index (κ2) is 5.51. The highest BCUT2D eigenvalue weighted by Gasteiger charge is 2.19. The summed E-state index contributed by atoms with van der Waals surface area (Å²) < 4.78 is 5.46. The standard InChI is InChI=1S/C12H16BrNO3/c1-6-4-9(13)7(2)8(11(6)15)5-10(14)12(16)17-3/h4,10,15H,5,14H2,1-3H3. The zero-order valence-electron chi connectivity index (χ0n) is 10.1. The first-order valence-corrected chi connectivity index (χ1v) is 5.98. The van der Waals surface area contributed by atoms with Gasteiger partial charge in [-0.3, -0.25) is 4.79 Å². The van der Waals surface area contributed by atoms with Gasteiger partial charge in [0.25, 0.3) is 0 Å². The number of halogens is 1. The molecule has 1 unspecified atom stereocenters. The summed E-state index contributed by atoms with van der Waals surface area (Å²) in [7, 11) is 1.29. The van der Waals surface area contributed by atoms with Gasteiger partial charge in [0.15, 0.2) is 0 Å². The number of hydrogen-bond donors (Lipinski definition) is 2. The second-order valence-electron chi connectivity index (χ2n) is 3.96. The van der Waals surface area contributed by atoms with Crippen molar-refractivity contribution in [3.05, 3.63) is 27.2 Å². The Morgan fingerprint density at radius 2 is 2.18 bits per heavy atom. The second-order valence-corrected chi connectivity index (χ2v) is 4.82. The Balaban J connectivity index is 3.10. The molecule has 5 heteroatoms. The fourth-order valence-corrected chi connectivity index (χ4v) is 2.21. The number of aryl methyl sites for hydroxylation is 1. The monoisotopic (exact) mass is 301 g/mol. The predicted molar refractivity (Wildman–Crippen MR) is 69.0 cm³/mol. The SMILES string of the molecule is COC(=O)C(N)Cc1c(C)c(Br)cc(C)c1O. The number of ether oxygens (including phenoxy) is 1. The molecule has 0 spiro atoms. The van der Waals surface area contributed by atoms with E-state index in [-0.39, 0.29) is 12.2 Å². The fraction of sp³-hybridized carbons (Fsp3) is 0.417. The molecule has 0 saturated carbocycles. The first-order valence-electron chi connectivity index (χ1n) is 5.19. The largest absolute Gasteiger partial charge is 0.507 e. The minimum Gasteiger partial charge on any atom is -0.507 e. The maximum atomic E-state index is 11.3. The number of rotatable bonds is 3. The molecule has 0 aliphatic carbocycles. The van der Waals surface area contributed by atoms with Crippen molar-refractivity contribution in [3.63, 3.8) is 0 Å². The Kier molecular flexibility index (Phi) is 4.54. The number of methoxy groups -OCH3 is 1. The molecule has 0 radical (unpaired) electrons. The number of aromatic hydroxyl groups is 1. The first kappa shape index (κ1) is 14.0. The van der Waals surface area contributed by atoms with Crippen molar-refractivity contribution in [2.45, 2.75) is 26.3 Å². The molecule has 0 aliphatic rings. The Morgan fingerprint density at radius 3 is 2.71 bits per heavy atom. The zero-order valence-corrected chi connectivity index (χ0v) is 11.7. The molecule has 0 fully saturated rings. The summed E-state index contributed by atoms with van der Waals surface area (Å²) in [5.74, 6) is -0.300. The molecule has 0 bridgehead atoms. The van der Waals surface area contributed by atoms with Gasteiger partial charge >= 0.3 is 5.97 Å². The molecule has 1 rings (SSSR count). The molecule has 3 N–H and O–H groups in total. The fourth-order valence-electron chi connectivity index (χ4n) is 1.63. The van der Waals surface area contributed by atoms with Crippen LogP contribution in [0.5, 0.6) is 5.75 Å². The van der Waals surface area contributed by atoms with Crippen molar-refractivity contribution >= 4 is 21.9 Å². The number of phenols is 1. The molecular weight excluding hydrogens is 286 g/mol. The van der Waals surface area contributed by atoms with Crippen molar-refractivity contribution in [1.29, 1.82) is 0 Å². The lowest BCUT2D eigenvalue weighted by Crippen LogP contribution is -2.33. The van der Waals surface area contributed by atoms with Gasteiger partial charge in [-0.15, -0.1) is 0 Å². The number of carbonyl (C=O) groups excluding carboxylic acids is 1. The molecule has 1 atom stereocenters. The van der Waals surface area contributed by atoms with Crippen LogP contribution in [0.1, 0.15) is 16.7 Å². The van der Waals surface area contributed by atoms with Gasteiger partial charge < -0.3 is 15.6 Å². The van der Waals surface area contributed by atoms with Gasteiger partial charge in [-0.2, -0.15) is 0 Å². The molecule has 1 aromatic carbocycles. The van der Waals surface area contributed by atoms with Crippen LogP contribution in [0.25, 0.3) is 0 Å². The van der Waals surface area contributed by atoms with E-state index >= 15 is 0 Å². The summed E-state index contributed by atoms with van der Waals surface area (Å²) in [4.78, 5) is 11.3. The van der Waals surface area contributed by atoms with E-state index < -0.39 is 12.0 Å². The van der Waals surface area contributed by atoms with E-state index in [0.29, 0.717) is 5.56 Å². The molecule has 4 nitrogen and oxygen atoms in total. The molecule has 0 saturated heterocycles. The van der Waals surface area contributed by atoms with Gasteiger partial charge in [-0.05, 0) is 31.0 Å². The van der Waals surface area contributed by atoms with E-state index in [9.17, 15) is 9.90 Å². The lowest BCUT2D eigenvalue weighted by molar-refractivity contribution is -0.142. The van der Waals surface area contributed by atoms with Crippen molar-refractivity contribution in [2.24, 2.45) is 5.73 Å². The Hall–Kier alpha value is -1.07. The maximum absolute atomic E-state index is 11.3. The van der Waals surface area contributed by atoms with Gasteiger partial charge in [-0.25, -0.2) is 0 Å². The third-order valence-electron chi connectivity index (χ3n) is 2.74. The summed E-state index contributed by atoms with van der Waals surface area (Å²) in [6.45, 7) is 3.66. The van der Waals surface area contributed by atoms with Crippen LogP contribution in [-0.2, 0) is 16.0 Å². The number of benzene rings is 1. The molecular formula is C12H16BrNO3. The van der Waals surface area contributed by atoms with E-state index in [0.717, 1.165) is 15.6 Å². The minimum atomic E-state index is -0.765. The van der Waals surface area contributed by atoms with Crippen LogP contribution in [0, 0.1) is 13.8 Å². The lowest BCUT2D eigenvalue weighted by atomic mass is 9.98. The number of esters is 1. The highest BCUT2D eigenvalue weighted by atomic mass is 79.9.